The van der Waals surface area contributed by atoms with Crippen LogP contribution in [0.5, 0.6) is 5.75 Å². The van der Waals surface area contributed by atoms with Gasteiger partial charge in [-0.25, -0.2) is 13.1 Å². The molecule has 0 unspecified atom stereocenters. The third kappa shape index (κ3) is 5.40. The van der Waals surface area contributed by atoms with Crippen LogP contribution < -0.4 is 14.8 Å². The minimum atomic E-state index is -3.95. The zero-order valence-corrected chi connectivity index (χ0v) is 17.9. The summed E-state index contributed by atoms with van der Waals surface area (Å²) in [6.07, 6.45) is 1.50. The number of hydrogen-bond donors (Lipinski definition) is 2. The van der Waals surface area contributed by atoms with E-state index >= 15 is 0 Å². The number of anilines is 1. The summed E-state index contributed by atoms with van der Waals surface area (Å²) in [5, 5.41) is 2.64. The molecule has 0 aromatic heterocycles. The van der Waals surface area contributed by atoms with Gasteiger partial charge in [0.2, 0.25) is 10.0 Å². The maximum absolute atomic E-state index is 12.7. The van der Waals surface area contributed by atoms with E-state index < -0.39 is 15.9 Å². The number of amides is 1. The van der Waals surface area contributed by atoms with Crippen LogP contribution in [-0.4, -0.2) is 40.7 Å². The zero-order chi connectivity index (χ0) is 21.0. The number of carbonyl (C=O) groups is 1. The number of hydrogen-bond acceptors (Lipinski definition) is 5. The van der Waals surface area contributed by atoms with Gasteiger partial charge in [0.1, 0.15) is 10.6 Å². The van der Waals surface area contributed by atoms with Crippen molar-refractivity contribution in [2.75, 3.05) is 25.6 Å². The van der Waals surface area contributed by atoms with Gasteiger partial charge in [-0.05, 0) is 49.2 Å². The van der Waals surface area contributed by atoms with E-state index in [1.54, 1.807) is 24.3 Å². The van der Waals surface area contributed by atoms with Crippen LogP contribution in [0.4, 0.5) is 5.69 Å². The normalized spacial score (nSPS) is 16.6. The molecule has 156 valence electrons. The van der Waals surface area contributed by atoms with Crippen molar-refractivity contribution >= 4 is 44.8 Å². The second-order valence-corrected chi connectivity index (χ2v) is 8.98. The Labute approximate surface area is 179 Å². The molecule has 2 N–H and O–H groups in total. The number of methoxy groups -OCH3 is 1. The number of sulfonamides is 1. The summed E-state index contributed by atoms with van der Waals surface area (Å²) in [6.45, 7) is 0.748. The van der Waals surface area contributed by atoms with E-state index in [9.17, 15) is 13.2 Å². The van der Waals surface area contributed by atoms with Crippen molar-refractivity contribution in [2.45, 2.75) is 23.8 Å². The maximum Gasteiger partial charge on any atom is 0.257 e. The van der Waals surface area contributed by atoms with Crippen molar-refractivity contribution in [2.24, 2.45) is 0 Å². The molecular weight excluding hydrogens is 439 g/mol. The standard InChI is InChI=1S/C19H20Cl2N2O5S/c1-27-13-6-4-12(5-7-13)23-19(24)15-9-18(17(21)10-16(15)20)29(25,26)22-11-14-3-2-8-28-14/h4-7,9-10,14,22H,2-3,8,11H2,1H3,(H,23,24)/t14-/m1/s1. The Hall–Kier alpha value is -1.84. The van der Waals surface area contributed by atoms with Crippen molar-refractivity contribution in [3.63, 3.8) is 0 Å². The Morgan fingerprint density at radius 2 is 1.93 bits per heavy atom. The van der Waals surface area contributed by atoms with Gasteiger partial charge in [-0.15, -0.1) is 0 Å². The second kappa shape index (κ2) is 9.32. The minimum absolute atomic E-state index is 0.00984. The second-order valence-electron chi connectivity index (χ2n) is 6.43. The third-order valence-electron chi connectivity index (χ3n) is 4.43. The first kappa shape index (κ1) is 21.9. The van der Waals surface area contributed by atoms with Crippen LogP contribution in [0.3, 0.4) is 0 Å². The molecule has 1 amide bonds. The Bertz CT molecular complexity index is 990. The van der Waals surface area contributed by atoms with Gasteiger partial charge in [0.25, 0.3) is 5.91 Å². The lowest BCUT2D eigenvalue weighted by Gasteiger charge is -2.14. The van der Waals surface area contributed by atoms with E-state index in [0.29, 0.717) is 18.0 Å². The van der Waals surface area contributed by atoms with Gasteiger partial charge in [0.05, 0.1) is 28.8 Å². The van der Waals surface area contributed by atoms with Crippen LogP contribution in [0.1, 0.15) is 23.2 Å². The molecule has 1 atom stereocenters. The Morgan fingerprint density at radius 1 is 1.21 bits per heavy atom. The Balaban J connectivity index is 1.80. The van der Waals surface area contributed by atoms with E-state index in [-0.39, 0.29) is 33.2 Å². The number of benzene rings is 2. The van der Waals surface area contributed by atoms with E-state index in [1.165, 1.54) is 19.2 Å². The fraction of sp³-hybridized carbons (Fsp3) is 0.316. The van der Waals surface area contributed by atoms with Gasteiger partial charge >= 0.3 is 0 Å². The fourth-order valence-electron chi connectivity index (χ4n) is 2.87. The predicted molar refractivity (Wildman–Crippen MR) is 112 cm³/mol. The number of nitrogens with one attached hydrogen (secondary N) is 2. The molecule has 1 aliphatic heterocycles. The Morgan fingerprint density at radius 3 is 2.55 bits per heavy atom. The molecular formula is C19H20Cl2N2O5S. The average molecular weight is 459 g/mol. The van der Waals surface area contributed by atoms with Crippen LogP contribution in [0, 0.1) is 0 Å². The molecule has 10 heteroatoms. The fourth-order valence-corrected chi connectivity index (χ4v) is 4.79. The molecule has 29 heavy (non-hydrogen) atoms. The molecule has 3 rings (SSSR count). The molecule has 0 saturated carbocycles. The molecule has 7 nitrogen and oxygen atoms in total. The summed E-state index contributed by atoms with van der Waals surface area (Å²) < 4.78 is 38.3. The number of carbonyl (C=O) groups excluding carboxylic acids is 1. The Kier molecular flexibility index (Phi) is 7.02. The van der Waals surface area contributed by atoms with Gasteiger partial charge in [0.15, 0.2) is 0 Å². The molecule has 2 aromatic rings. The highest BCUT2D eigenvalue weighted by molar-refractivity contribution is 7.89. The van der Waals surface area contributed by atoms with Gasteiger partial charge in [-0.3, -0.25) is 4.79 Å². The van der Waals surface area contributed by atoms with Gasteiger partial charge < -0.3 is 14.8 Å². The van der Waals surface area contributed by atoms with Crippen molar-refractivity contribution in [1.29, 1.82) is 0 Å². The zero-order valence-electron chi connectivity index (χ0n) is 15.6. The molecule has 0 bridgehead atoms. The van der Waals surface area contributed by atoms with Crippen molar-refractivity contribution < 1.29 is 22.7 Å². The highest BCUT2D eigenvalue weighted by atomic mass is 35.5. The molecule has 1 aliphatic rings. The predicted octanol–water partition coefficient (Wildman–Crippen LogP) is 3.71. The topological polar surface area (TPSA) is 93.7 Å². The molecule has 0 radical (unpaired) electrons. The first-order chi connectivity index (χ1) is 13.8. The van der Waals surface area contributed by atoms with E-state index in [4.69, 9.17) is 32.7 Å². The van der Waals surface area contributed by atoms with E-state index in [0.717, 1.165) is 12.8 Å². The number of rotatable bonds is 7. The molecule has 1 fully saturated rings. The lowest BCUT2D eigenvalue weighted by molar-refractivity contribution is 0.102. The molecule has 0 spiro atoms. The summed E-state index contributed by atoms with van der Waals surface area (Å²) in [6, 6.07) is 9.09. The molecule has 0 aliphatic carbocycles. The highest BCUT2D eigenvalue weighted by Crippen LogP contribution is 2.29. The van der Waals surface area contributed by atoms with Crippen LogP contribution >= 0.6 is 23.2 Å². The highest BCUT2D eigenvalue weighted by Gasteiger charge is 2.25. The number of ether oxygens (including phenoxy) is 2. The average Bonchev–Trinajstić information content (AvgIpc) is 3.20. The molecule has 2 aromatic carbocycles. The maximum atomic E-state index is 12.7. The summed E-state index contributed by atoms with van der Waals surface area (Å²) >= 11 is 12.2. The first-order valence-corrected chi connectivity index (χ1v) is 11.1. The smallest absolute Gasteiger partial charge is 0.257 e. The van der Waals surface area contributed by atoms with E-state index in [2.05, 4.69) is 10.0 Å². The van der Waals surface area contributed by atoms with Crippen molar-refractivity contribution in [1.82, 2.24) is 4.72 Å². The summed E-state index contributed by atoms with van der Waals surface area (Å²) in [7, 11) is -2.41. The van der Waals surface area contributed by atoms with E-state index in [1.807, 2.05) is 0 Å². The number of halogens is 2. The van der Waals surface area contributed by atoms with Crippen molar-refractivity contribution in [3.05, 3.63) is 52.0 Å². The van der Waals surface area contributed by atoms with Gasteiger partial charge in [0, 0.05) is 18.8 Å². The summed E-state index contributed by atoms with van der Waals surface area (Å²) in [5.74, 6) is 0.0747. The monoisotopic (exact) mass is 458 g/mol. The van der Waals surface area contributed by atoms with Crippen LogP contribution in [0.25, 0.3) is 0 Å². The summed E-state index contributed by atoms with van der Waals surface area (Å²) in [5.41, 5.74) is 0.493. The largest absolute Gasteiger partial charge is 0.497 e. The minimum Gasteiger partial charge on any atom is -0.497 e. The third-order valence-corrected chi connectivity index (χ3v) is 6.63. The first-order valence-electron chi connectivity index (χ1n) is 8.86. The van der Waals surface area contributed by atoms with Crippen LogP contribution in [0.2, 0.25) is 10.0 Å². The van der Waals surface area contributed by atoms with Crippen molar-refractivity contribution in [3.8, 4) is 5.75 Å². The van der Waals surface area contributed by atoms with Crippen LogP contribution in [0.15, 0.2) is 41.3 Å². The lowest BCUT2D eigenvalue weighted by Crippen LogP contribution is -2.32. The lowest BCUT2D eigenvalue weighted by atomic mass is 10.2. The quantitative estimate of drug-likeness (QED) is 0.659. The van der Waals surface area contributed by atoms with Gasteiger partial charge in [-0.1, -0.05) is 23.2 Å². The summed E-state index contributed by atoms with van der Waals surface area (Å²) in [4.78, 5) is 12.4. The molecule has 1 saturated heterocycles. The van der Waals surface area contributed by atoms with Crippen LogP contribution in [-0.2, 0) is 14.8 Å². The SMILES string of the molecule is COc1ccc(NC(=O)c2cc(S(=O)(=O)NC[C@H]3CCCO3)c(Cl)cc2Cl)cc1. The van der Waals surface area contributed by atoms with Gasteiger partial charge in [-0.2, -0.15) is 0 Å². The molecule has 1 heterocycles.